The Hall–Kier alpha value is -4.81. The normalized spacial score (nSPS) is 29.0. The second-order valence-electron chi connectivity index (χ2n) is 18.0. The van der Waals surface area contributed by atoms with E-state index >= 15 is 0 Å². The summed E-state index contributed by atoms with van der Waals surface area (Å²) >= 11 is 0. The average Bonchev–Trinajstić information content (AvgIpc) is 4.07. The highest BCUT2D eigenvalue weighted by Crippen LogP contribution is 2.48. The number of hydrogen-bond donors (Lipinski definition) is 3. The van der Waals surface area contributed by atoms with E-state index in [9.17, 15) is 40.8 Å². The largest absolute Gasteiger partial charge is 0.497 e. The third-order valence-electron chi connectivity index (χ3n) is 12.9. The molecule has 1 aromatic carbocycles. The lowest BCUT2D eigenvalue weighted by Gasteiger charge is -2.34. The van der Waals surface area contributed by atoms with Gasteiger partial charge >= 0.3 is 12.3 Å². The maximum Gasteiger partial charge on any atom is 0.427 e. The number of carbonyl (C=O) groups is 4. The number of benzene rings is 1. The van der Waals surface area contributed by atoms with Crippen molar-refractivity contribution >= 4 is 44.6 Å². The number of hydrogen-bond acceptors (Lipinski definition) is 11. The van der Waals surface area contributed by atoms with Gasteiger partial charge in [-0.25, -0.2) is 13.2 Å². The number of alkyl carbamates (subject to hydrolysis) is 1. The van der Waals surface area contributed by atoms with Crippen LogP contribution in [0.15, 0.2) is 30.4 Å². The molecule has 7 atom stereocenters. The van der Waals surface area contributed by atoms with E-state index in [1.165, 1.54) is 11.8 Å². The average molecular weight is 878 g/mol. The fourth-order valence-electron chi connectivity index (χ4n) is 8.49. The lowest BCUT2D eigenvalue weighted by atomic mass is 9.88. The summed E-state index contributed by atoms with van der Waals surface area (Å²) in [4.78, 5) is 62.6. The number of ether oxygens (including phenoxy) is 4. The third-order valence-corrected chi connectivity index (χ3v) is 15.0. The fourth-order valence-corrected chi connectivity index (χ4v) is 9.80. The van der Waals surface area contributed by atoms with Crippen LogP contribution in [0.4, 0.5) is 18.0 Å². The Morgan fingerprint density at radius 2 is 1.84 bits per heavy atom. The van der Waals surface area contributed by atoms with Crippen molar-refractivity contribution in [3.8, 4) is 17.5 Å². The SMILES string of the molecule is COc1ccc2c(OC3CC4C(=O)NC5(C(=O)NS(=O)(=O)C6(C)CC6)CC5C=CCCC(C)CC(C)C(NC(=O)OC(C)(C)C(F)(F)F)C(=O)N4C3)nc3c(c2c1)CCCO3. The van der Waals surface area contributed by atoms with E-state index in [1.807, 2.05) is 19.1 Å². The molecule has 2 aromatic rings. The molecule has 2 aliphatic carbocycles. The predicted octanol–water partition coefficient (Wildman–Crippen LogP) is 5.24. The van der Waals surface area contributed by atoms with Crippen molar-refractivity contribution in [2.45, 2.75) is 133 Å². The first-order chi connectivity index (χ1) is 28.6. The van der Waals surface area contributed by atoms with E-state index in [0.717, 1.165) is 17.4 Å². The van der Waals surface area contributed by atoms with Gasteiger partial charge < -0.3 is 34.5 Å². The van der Waals surface area contributed by atoms with E-state index < -0.39 is 85.9 Å². The molecular weight excluding hydrogens is 824 g/mol. The number of aryl methyl sites for hydroxylation is 1. The summed E-state index contributed by atoms with van der Waals surface area (Å²) in [7, 11) is -2.54. The number of nitrogens with one attached hydrogen (secondary N) is 3. The summed E-state index contributed by atoms with van der Waals surface area (Å²) in [6.07, 6.45) is 0.0393. The molecule has 3 N–H and O–H groups in total. The zero-order chi connectivity index (χ0) is 44.3. The summed E-state index contributed by atoms with van der Waals surface area (Å²) < 4.78 is 91.8. The minimum atomic E-state index is -4.92. The molecule has 334 valence electrons. The maximum absolute atomic E-state index is 14.9. The second kappa shape index (κ2) is 16.1. The number of amides is 4. The number of aromatic nitrogens is 1. The van der Waals surface area contributed by atoms with E-state index in [1.54, 1.807) is 32.2 Å². The lowest BCUT2D eigenvalue weighted by Crippen LogP contribution is -2.59. The second-order valence-corrected chi connectivity index (χ2v) is 20.2. The number of rotatable bonds is 8. The Bertz CT molecular complexity index is 2230. The van der Waals surface area contributed by atoms with Gasteiger partial charge in [-0.3, -0.25) is 19.1 Å². The van der Waals surface area contributed by atoms with Crippen LogP contribution in [0.1, 0.15) is 91.5 Å². The van der Waals surface area contributed by atoms with Crippen molar-refractivity contribution in [1.82, 2.24) is 25.2 Å². The summed E-state index contributed by atoms with van der Waals surface area (Å²) in [5, 5.41) is 6.61. The van der Waals surface area contributed by atoms with Crippen molar-refractivity contribution < 1.29 is 59.7 Å². The van der Waals surface area contributed by atoms with Crippen LogP contribution < -0.4 is 29.6 Å². The number of halogens is 3. The van der Waals surface area contributed by atoms with Crippen LogP contribution in [0.2, 0.25) is 0 Å². The molecule has 1 aromatic heterocycles. The number of nitrogens with zero attached hydrogens (tertiary/aromatic N) is 2. The smallest absolute Gasteiger partial charge is 0.427 e. The van der Waals surface area contributed by atoms with Gasteiger partial charge in [-0.2, -0.15) is 18.2 Å². The van der Waals surface area contributed by atoms with Crippen LogP contribution in [-0.4, -0.2) is 103 Å². The molecular formula is C42H54F3N5O10S. The van der Waals surface area contributed by atoms with Crippen molar-refractivity contribution in [3.63, 3.8) is 0 Å². The van der Waals surface area contributed by atoms with Crippen molar-refractivity contribution in [1.29, 1.82) is 0 Å². The first-order valence-corrected chi connectivity index (χ1v) is 22.3. The Labute approximate surface area is 352 Å². The predicted molar refractivity (Wildman–Crippen MR) is 215 cm³/mol. The van der Waals surface area contributed by atoms with Crippen LogP contribution in [0.3, 0.4) is 0 Å². The Morgan fingerprint density at radius 1 is 1.10 bits per heavy atom. The highest BCUT2D eigenvalue weighted by molar-refractivity contribution is 7.91. The van der Waals surface area contributed by atoms with Crippen molar-refractivity contribution in [3.05, 3.63) is 35.9 Å². The molecule has 1 saturated heterocycles. The van der Waals surface area contributed by atoms with Gasteiger partial charge in [0, 0.05) is 23.3 Å². The maximum atomic E-state index is 14.9. The molecule has 2 saturated carbocycles. The van der Waals surface area contributed by atoms with E-state index in [4.69, 9.17) is 23.9 Å². The first-order valence-electron chi connectivity index (χ1n) is 20.8. The number of sulfonamides is 1. The number of methoxy groups -OCH3 is 1. The topological polar surface area (TPSA) is 192 Å². The van der Waals surface area contributed by atoms with Crippen LogP contribution in [0.5, 0.6) is 17.5 Å². The summed E-state index contributed by atoms with van der Waals surface area (Å²) in [5.74, 6) is -2.60. The quantitative estimate of drug-likeness (QED) is 0.294. The molecule has 0 bridgehead atoms. The van der Waals surface area contributed by atoms with Crippen LogP contribution in [0.25, 0.3) is 10.8 Å². The number of allylic oxidation sites excluding steroid dienone is 1. The van der Waals surface area contributed by atoms with Crippen LogP contribution >= 0.6 is 0 Å². The van der Waals surface area contributed by atoms with E-state index in [-0.39, 0.29) is 31.2 Å². The lowest BCUT2D eigenvalue weighted by molar-refractivity contribution is -0.244. The molecule has 19 heteroatoms. The molecule has 7 rings (SSSR count). The summed E-state index contributed by atoms with van der Waals surface area (Å²) in [6.45, 7) is 6.76. The van der Waals surface area contributed by atoms with Crippen LogP contribution in [-0.2, 0) is 35.6 Å². The Kier molecular flexibility index (Phi) is 11.7. The molecule has 3 fully saturated rings. The van der Waals surface area contributed by atoms with Gasteiger partial charge in [0.2, 0.25) is 39.2 Å². The van der Waals surface area contributed by atoms with Crippen molar-refractivity contribution in [2.24, 2.45) is 17.8 Å². The van der Waals surface area contributed by atoms with E-state index in [0.29, 0.717) is 76.0 Å². The third kappa shape index (κ3) is 8.80. The minimum Gasteiger partial charge on any atom is -0.497 e. The molecule has 15 nitrogen and oxygen atoms in total. The highest BCUT2D eigenvalue weighted by atomic mass is 32.2. The zero-order valence-corrected chi connectivity index (χ0v) is 36.0. The van der Waals surface area contributed by atoms with Gasteiger partial charge in [-0.15, -0.1) is 0 Å². The van der Waals surface area contributed by atoms with Crippen LogP contribution in [0, 0.1) is 17.8 Å². The van der Waals surface area contributed by atoms with Gasteiger partial charge in [-0.1, -0.05) is 26.0 Å². The van der Waals surface area contributed by atoms with Crippen molar-refractivity contribution in [2.75, 3.05) is 20.3 Å². The molecule has 7 unspecified atom stereocenters. The fraction of sp³-hybridized carbons (Fsp3) is 0.643. The van der Waals surface area contributed by atoms with Gasteiger partial charge in [0.05, 0.1) is 25.0 Å². The zero-order valence-electron chi connectivity index (χ0n) is 35.1. The molecule has 0 spiro atoms. The minimum absolute atomic E-state index is 0.0457. The highest BCUT2D eigenvalue weighted by Gasteiger charge is 2.63. The number of pyridine rings is 1. The Morgan fingerprint density at radius 3 is 2.52 bits per heavy atom. The van der Waals surface area contributed by atoms with Gasteiger partial charge in [-0.05, 0) is 108 Å². The molecule has 61 heavy (non-hydrogen) atoms. The Balaban J connectivity index is 1.25. The molecule has 4 amide bonds. The number of fused-ring (bicyclic) bond motifs is 5. The van der Waals surface area contributed by atoms with E-state index in [2.05, 4.69) is 15.4 Å². The monoisotopic (exact) mass is 877 g/mol. The molecule has 5 aliphatic rings. The first kappa shape index (κ1) is 44.3. The van der Waals surface area contributed by atoms with Gasteiger partial charge in [0.1, 0.15) is 29.5 Å². The molecule has 4 heterocycles. The van der Waals surface area contributed by atoms with Gasteiger partial charge in [0.25, 0.3) is 5.91 Å². The summed E-state index contributed by atoms with van der Waals surface area (Å²) in [6, 6.07) is 2.59. The summed E-state index contributed by atoms with van der Waals surface area (Å²) in [5.41, 5.74) is -3.68. The number of carbonyl (C=O) groups excluding carboxylic acids is 4. The molecule has 3 aliphatic heterocycles. The standard InChI is InChI=1S/C42H54F3N5O10S/c1-23-10-7-8-11-25-21-41(25,37(53)49-61(55,56)40(5)15-16-40)48-33(51)31-20-27(59-35-29-14-13-26(57-6)19-30(29)28-12-9-17-58-34(28)47-35)22-50(31)36(52)32(24(2)18-23)46-38(54)60-39(3,4)42(43,44)45/h8,11,13-14,19,23-25,27,31-32H,7,9-10,12,15-18,20-22H2,1-6H3,(H,46,54)(H,48,51)(H,49,53). The molecule has 0 radical (unpaired) electrons. The number of alkyl halides is 3. The van der Waals surface area contributed by atoms with Gasteiger partial charge in [0.15, 0.2) is 0 Å².